The summed E-state index contributed by atoms with van der Waals surface area (Å²) in [6, 6.07) is 7.75. The zero-order valence-electron chi connectivity index (χ0n) is 17.1. The molecule has 2 aromatic heterocycles. The van der Waals surface area contributed by atoms with Crippen molar-refractivity contribution in [3.05, 3.63) is 52.5 Å². The quantitative estimate of drug-likeness (QED) is 0.729. The summed E-state index contributed by atoms with van der Waals surface area (Å²) in [5.41, 5.74) is 0.878. The van der Waals surface area contributed by atoms with Gasteiger partial charge < -0.3 is 19.5 Å². The number of carbonyl (C=O) groups excluding carboxylic acids is 1. The first-order valence-corrected chi connectivity index (χ1v) is 10.8. The molecule has 2 atom stereocenters. The van der Waals surface area contributed by atoms with E-state index in [1.165, 1.54) is 11.3 Å². The first-order chi connectivity index (χ1) is 15.2. The van der Waals surface area contributed by atoms with Crippen LogP contribution >= 0.6 is 11.3 Å². The van der Waals surface area contributed by atoms with Crippen LogP contribution in [0.1, 0.15) is 34.5 Å². The minimum atomic E-state index is -5.08. The number of pyridine rings is 1. The second-order valence-electron chi connectivity index (χ2n) is 7.60. The average Bonchev–Trinajstić information content (AvgIpc) is 3.43. The van der Waals surface area contributed by atoms with Crippen molar-refractivity contribution in [2.45, 2.75) is 43.8 Å². The molecule has 2 saturated heterocycles. The number of alkyl halides is 3. The Balaban J connectivity index is 0.000000360. The molecule has 2 aliphatic heterocycles. The third-order valence-electron chi connectivity index (χ3n) is 5.21. The molecule has 4 rings (SSSR count). The fraction of sp³-hybridized carbons (Fsp3) is 0.476. The van der Waals surface area contributed by atoms with Gasteiger partial charge in [0.05, 0.1) is 36.3 Å². The number of ether oxygens (including phenoxy) is 2. The summed E-state index contributed by atoms with van der Waals surface area (Å²) in [4.78, 5) is 28.3. The first-order valence-electron chi connectivity index (χ1n) is 9.96. The second-order valence-corrected chi connectivity index (χ2v) is 8.54. The van der Waals surface area contributed by atoms with E-state index in [0.29, 0.717) is 19.8 Å². The lowest BCUT2D eigenvalue weighted by molar-refractivity contribution is -0.192. The predicted molar refractivity (Wildman–Crippen MR) is 109 cm³/mol. The number of thiophene rings is 1. The van der Waals surface area contributed by atoms with E-state index < -0.39 is 12.1 Å². The van der Waals surface area contributed by atoms with Crippen molar-refractivity contribution >= 4 is 23.2 Å². The highest BCUT2D eigenvalue weighted by atomic mass is 32.1. The Kier molecular flexibility index (Phi) is 7.86. The normalized spacial score (nSPS) is 23.0. The molecule has 32 heavy (non-hydrogen) atoms. The number of nitrogens with zero attached hydrogens (tertiary/aromatic N) is 2. The SMILES string of the molecule is O=C(O)C(F)(F)F.O=C(c1cccs1)N1CCC[C@]2(C[C@H](OCc3ccncc3)CO2)C1. The van der Waals surface area contributed by atoms with Gasteiger partial charge >= 0.3 is 12.1 Å². The van der Waals surface area contributed by atoms with Crippen LogP contribution in [0.2, 0.25) is 0 Å². The van der Waals surface area contributed by atoms with Crippen molar-refractivity contribution in [3.63, 3.8) is 0 Å². The van der Waals surface area contributed by atoms with Crippen molar-refractivity contribution in [3.8, 4) is 0 Å². The maximum Gasteiger partial charge on any atom is 0.490 e. The zero-order chi connectivity index (χ0) is 23.2. The molecule has 0 radical (unpaired) electrons. The number of carboxylic acids is 1. The molecule has 0 aromatic carbocycles. The molecule has 7 nitrogen and oxygen atoms in total. The Hall–Kier alpha value is -2.50. The van der Waals surface area contributed by atoms with Gasteiger partial charge in [0.2, 0.25) is 0 Å². The fourth-order valence-electron chi connectivity index (χ4n) is 3.71. The third kappa shape index (κ3) is 6.50. The van der Waals surface area contributed by atoms with Crippen LogP contribution in [-0.2, 0) is 20.9 Å². The summed E-state index contributed by atoms with van der Waals surface area (Å²) in [6.45, 7) is 2.65. The molecule has 1 spiro atoms. The van der Waals surface area contributed by atoms with Gasteiger partial charge in [0.25, 0.3) is 5.91 Å². The van der Waals surface area contributed by atoms with Crippen molar-refractivity contribution in [2.24, 2.45) is 0 Å². The average molecular weight is 472 g/mol. The number of rotatable bonds is 4. The summed E-state index contributed by atoms with van der Waals surface area (Å²) in [5.74, 6) is -2.63. The Bertz CT molecular complexity index is 895. The van der Waals surface area contributed by atoms with Gasteiger partial charge in [-0.15, -0.1) is 11.3 Å². The van der Waals surface area contributed by atoms with Crippen LogP contribution < -0.4 is 0 Å². The summed E-state index contributed by atoms with van der Waals surface area (Å²) in [5, 5.41) is 9.07. The molecule has 174 valence electrons. The minimum absolute atomic E-state index is 0.0879. The van der Waals surface area contributed by atoms with E-state index in [4.69, 9.17) is 19.4 Å². The highest BCUT2D eigenvalue weighted by molar-refractivity contribution is 7.12. The van der Waals surface area contributed by atoms with Gasteiger partial charge in [-0.05, 0) is 42.0 Å². The van der Waals surface area contributed by atoms with Gasteiger partial charge in [-0.3, -0.25) is 9.78 Å². The molecule has 0 unspecified atom stereocenters. The van der Waals surface area contributed by atoms with Gasteiger partial charge in [0.15, 0.2) is 0 Å². The number of amides is 1. The molecule has 2 aliphatic rings. The lowest BCUT2D eigenvalue weighted by Crippen LogP contribution is -2.50. The predicted octanol–water partition coefficient (Wildman–Crippen LogP) is 3.76. The Morgan fingerprint density at radius 1 is 1.31 bits per heavy atom. The van der Waals surface area contributed by atoms with Crippen LogP contribution in [0.25, 0.3) is 0 Å². The van der Waals surface area contributed by atoms with Crippen LogP contribution in [0.3, 0.4) is 0 Å². The lowest BCUT2D eigenvalue weighted by atomic mass is 9.89. The maximum absolute atomic E-state index is 12.6. The molecule has 11 heteroatoms. The van der Waals surface area contributed by atoms with Gasteiger partial charge in [0, 0.05) is 25.4 Å². The summed E-state index contributed by atoms with van der Waals surface area (Å²) in [7, 11) is 0. The molecule has 1 amide bonds. The van der Waals surface area contributed by atoms with Gasteiger partial charge in [-0.25, -0.2) is 4.79 Å². The lowest BCUT2D eigenvalue weighted by Gasteiger charge is -2.39. The van der Waals surface area contributed by atoms with E-state index in [9.17, 15) is 18.0 Å². The Labute approximate surface area is 186 Å². The van der Waals surface area contributed by atoms with Crippen LogP contribution in [0, 0.1) is 0 Å². The number of hydrogen-bond donors (Lipinski definition) is 1. The van der Waals surface area contributed by atoms with Crippen LogP contribution in [-0.4, -0.2) is 64.4 Å². The van der Waals surface area contributed by atoms with E-state index in [2.05, 4.69) is 4.98 Å². The topological polar surface area (TPSA) is 89.0 Å². The highest BCUT2D eigenvalue weighted by Gasteiger charge is 2.45. The van der Waals surface area contributed by atoms with Crippen molar-refractivity contribution < 1.29 is 37.3 Å². The highest BCUT2D eigenvalue weighted by Crippen LogP contribution is 2.36. The number of carboxylic acid groups (broad SMARTS) is 1. The maximum atomic E-state index is 12.6. The number of hydrogen-bond acceptors (Lipinski definition) is 6. The largest absolute Gasteiger partial charge is 0.490 e. The van der Waals surface area contributed by atoms with E-state index in [-0.39, 0.29) is 17.6 Å². The minimum Gasteiger partial charge on any atom is -0.475 e. The fourth-order valence-corrected chi connectivity index (χ4v) is 4.41. The molecule has 2 aromatic rings. The monoisotopic (exact) mass is 472 g/mol. The zero-order valence-corrected chi connectivity index (χ0v) is 17.9. The number of aliphatic carboxylic acids is 1. The molecular weight excluding hydrogens is 449 g/mol. The first kappa shape index (κ1) is 24.1. The van der Waals surface area contributed by atoms with E-state index in [1.54, 1.807) is 12.4 Å². The molecule has 4 heterocycles. The van der Waals surface area contributed by atoms with Crippen molar-refractivity contribution in [1.82, 2.24) is 9.88 Å². The molecular formula is C21H23F3N2O5S. The van der Waals surface area contributed by atoms with Gasteiger partial charge in [-0.2, -0.15) is 13.2 Å². The summed E-state index contributed by atoms with van der Waals surface area (Å²) in [6.07, 6.45) is 1.39. The van der Waals surface area contributed by atoms with Crippen LogP contribution in [0.15, 0.2) is 42.0 Å². The smallest absolute Gasteiger partial charge is 0.475 e. The molecule has 0 aliphatic carbocycles. The van der Waals surface area contributed by atoms with E-state index in [1.807, 2.05) is 34.5 Å². The molecule has 2 fully saturated rings. The van der Waals surface area contributed by atoms with Gasteiger partial charge in [-0.1, -0.05) is 6.07 Å². The standard InChI is InChI=1S/C19H22N2O3S.C2HF3O2/c22-18(17-3-1-10-25-17)21-9-2-6-19(14-21)11-16(13-24-19)23-12-15-4-7-20-8-5-15;3-2(4,5)1(6)7/h1,3-5,7-8,10,16H,2,6,9,11-14H2;(H,6,7)/t16-,19-;/m0./s1. The molecule has 0 bridgehead atoms. The van der Waals surface area contributed by atoms with Crippen LogP contribution in [0.5, 0.6) is 0 Å². The molecule has 1 N–H and O–H groups in total. The van der Waals surface area contributed by atoms with Crippen molar-refractivity contribution in [2.75, 3.05) is 19.7 Å². The number of likely N-dealkylation sites (tertiary alicyclic amines) is 1. The number of aromatic nitrogens is 1. The van der Waals surface area contributed by atoms with Gasteiger partial charge in [0.1, 0.15) is 0 Å². The molecule has 0 saturated carbocycles. The number of piperidine rings is 1. The van der Waals surface area contributed by atoms with E-state index in [0.717, 1.165) is 36.2 Å². The second kappa shape index (κ2) is 10.4. The Morgan fingerprint density at radius 2 is 2.03 bits per heavy atom. The van der Waals surface area contributed by atoms with Crippen molar-refractivity contribution in [1.29, 1.82) is 0 Å². The summed E-state index contributed by atoms with van der Waals surface area (Å²) < 4.78 is 43.9. The number of halogens is 3. The van der Waals surface area contributed by atoms with E-state index >= 15 is 0 Å². The van der Waals surface area contributed by atoms with Crippen LogP contribution in [0.4, 0.5) is 13.2 Å². The third-order valence-corrected chi connectivity index (χ3v) is 6.07. The number of carbonyl (C=O) groups is 2. The Morgan fingerprint density at radius 3 is 2.66 bits per heavy atom. The summed E-state index contributed by atoms with van der Waals surface area (Å²) >= 11 is 1.50.